The topological polar surface area (TPSA) is 24.7 Å². The first-order valence-electron chi connectivity index (χ1n) is 22.0. The summed E-state index contributed by atoms with van der Waals surface area (Å²) in [4.78, 5) is 10.0. The Labute approximate surface area is 331 Å². The molecular formula is C48H80N2Pd. The molecule has 0 spiro atoms. The van der Waals surface area contributed by atoms with Crippen molar-refractivity contribution in [2.24, 2.45) is 9.98 Å². The normalized spacial score (nSPS) is 11.8. The second-order valence-corrected chi connectivity index (χ2v) is 15.3. The van der Waals surface area contributed by atoms with Crippen LogP contribution in [0.25, 0.3) is 0 Å². The van der Waals surface area contributed by atoms with E-state index in [1.165, 1.54) is 184 Å². The third-order valence-corrected chi connectivity index (χ3v) is 10.4. The van der Waals surface area contributed by atoms with Crippen LogP contribution in [0.1, 0.15) is 218 Å². The van der Waals surface area contributed by atoms with E-state index in [2.05, 4.69) is 69.3 Å². The van der Waals surface area contributed by atoms with Gasteiger partial charge in [-0.1, -0.05) is 206 Å². The van der Waals surface area contributed by atoms with Crippen LogP contribution in [0.2, 0.25) is 0 Å². The number of unbranched alkanes of at least 4 members (excludes halogenated alkanes) is 25. The molecule has 292 valence electrons. The summed E-state index contributed by atoms with van der Waals surface area (Å²) in [5.74, 6) is 0. The molecule has 0 radical (unpaired) electrons. The Bertz CT molecular complexity index is 1110. The summed E-state index contributed by atoms with van der Waals surface area (Å²) < 4.78 is 0. The first kappa shape index (κ1) is 47.5. The minimum atomic E-state index is 0. The standard InChI is InChI=1S/C48H80N2.Pd/c1-4-7-10-12-14-16-18-20-22-24-26-28-30-34-44-36-32-39-46(41-44)49-43-48(38-9-6-3)50-47-40-33-37-45(42-47)35-31-29-27-25-23-21-19-17-15-13-11-8-5-2;/h32-33,36-37,39-43H,4-31,34-35,38H2,1-3H3;/b49-43+,50-48+;. The quantitative estimate of drug-likeness (QED) is 0.0383. The van der Waals surface area contributed by atoms with Gasteiger partial charge in [-0.15, -0.1) is 0 Å². The van der Waals surface area contributed by atoms with E-state index in [0.29, 0.717) is 0 Å². The molecule has 2 aromatic carbocycles. The molecule has 0 saturated carbocycles. The maximum atomic E-state index is 5.09. The van der Waals surface area contributed by atoms with Gasteiger partial charge in [0.15, 0.2) is 0 Å². The summed E-state index contributed by atoms with van der Waals surface area (Å²) in [6, 6.07) is 17.8. The smallest absolute Gasteiger partial charge is 0.0636 e. The SMILES string of the molecule is CCCCCCCCCCCCCCCc1cccc(/N=C/C(CCCC)=N/c2cccc(CCCCCCCCCCCCCCC)c2)c1.[Pd]. The van der Waals surface area contributed by atoms with E-state index in [1.807, 2.05) is 6.21 Å². The number of rotatable bonds is 34. The van der Waals surface area contributed by atoms with E-state index in [9.17, 15) is 0 Å². The van der Waals surface area contributed by atoms with Crippen LogP contribution in [0.5, 0.6) is 0 Å². The minimum absolute atomic E-state index is 0. The fourth-order valence-electron chi connectivity index (χ4n) is 7.09. The van der Waals surface area contributed by atoms with Gasteiger partial charge in [-0.25, -0.2) is 0 Å². The summed E-state index contributed by atoms with van der Waals surface area (Å²) >= 11 is 0. The van der Waals surface area contributed by atoms with Gasteiger partial charge in [0.25, 0.3) is 0 Å². The first-order valence-corrected chi connectivity index (χ1v) is 22.0. The average molecular weight is 792 g/mol. The van der Waals surface area contributed by atoms with Gasteiger partial charge in [0.05, 0.1) is 17.1 Å². The molecule has 0 aliphatic heterocycles. The van der Waals surface area contributed by atoms with Gasteiger partial charge >= 0.3 is 0 Å². The molecule has 3 heteroatoms. The first-order chi connectivity index (χ1) is 24.7. The van der Waals surface area contributed by atoms with Crippen LogP contribution in [-0.4, -0.2) is 11.9 Å². The number of nitrogens with zero attached hydrogens (tertiary/aromatic N) is 2. The molecule has 0 N–H and O–H groups in total. The number of aliphatic imine (C=N–C) groups is 2. The number of hydrogen-bond donors (Lipinski definition) is 0. The van der Waals surface area contributed by atoms with E-state index in [-0.39, 0.29) is 20.4 Å². The Morgan fingerprint density at radius 2 is 0.784 bits per heavy atom. The van der Waals surface area contributed by atoms with E-state index < -0.39 is 0 Å². The number of hydrogen-bond acceptors (Lipinski definition) is 2. The van der Waals surface area contributed by atoms with Crippen molar-refractivity contribution >= 4 is 23.3 Å². The van der Waals surface area contributed by atoms with Crippen LogP contribution in [0, 0.1) is 0 Å². The van der Waals surface area contributed by atoms with E-state index in [0.717, 1.165) is 42.8 Å². The molecular weight excluding hydrogens is 711 g/mol. The van der Waals surface area contributed by atoms with Gasteiger partial charge in [0.1, 0.15) is 0 Å². The molecule has 0 unspecified atom stereocenters. The summed E-state index contributed by atoms with van der Waals surface area (Å²) in [7, 11) is 0. The second-order valence-electron chi connectivity index (χ2n) is 15.3. The molecule has 0 saturated heterocycles. The van der Waals surface area contributed by atoms with Crippen molar-refractivity contribution in [3.8, 4) is 0 Å². The second kappa shape index (κ2) is 35.5. The molecule has 0 aliphatic carbocycles. The molecule has 0 atom stereocenters. The van der Waals surface area contributed by atoms with Crippen molar-refractivity contribution in [1.82, 2.24) is 0 Å². The van der Waals surface area contributed by atoms with Crippen molar-refractivity contribution in [3.05, 3.63) is 59.7 Å². The third-order valence-electron chi connectivity index (χ3n) is 10.4. The maximum absolute atomic E-state index is 5.09. The van der Waals surface area contributed by atoms with Crippen molar-refractivity contribution < 1.29 is 20.4 Å². The Hall–Kier alpha value is -1.56. The van der Waals surface area contributed by atoms with E-state index >= 15 is 0 Å². The molecule has 2 rings (SSSR count). The summed E-state index contributed by atoms with van der Waals surface area (Å²) in [6.07, 6.45) is 44.1. The monoisotopic (exact) mass is 791 g/mol. The average Bonchev–Trinajstić information content (AvgIpc) is 3.13. The summed E-state index contributed by atoms with van der Waals surface area (Å²) in [6.45, 7) is 6.85. The van der Waals surface area contributed by atoms with Gasteiger partial charge < -0.3 is 0 Å². The Morgan fingerprint density at radius 1 is 0.431 bits per heavy atom. The van der Waals surface area contributed by atoms with Gasteiger partial charge in [-0.2, -0.15) is 0 Å². The van der Waals surface area contributed by atoms with Crippen molar-refractivity contribution in [2.75, 3.05) is 0 Å². The molecule has 0 heterocycles. The van der Waals surface area contributed by atoms with Crippen LogP contribution < -0.4 is 0 Å². The van der Waals surface area contributed by atoms with Crippen LogP contribution in [0.3, 0.4) is 0 Å². The Kier molecular flexibility index (Phi) is 33.0. The van der Waals surface area contributed by atoms with Crippen LogP contribution in [0.15, 0.2) is 58.5 Å². The van der Waals surface area contributed by atoms with E-state index in [4.69, 9.17) is 9.98 Å². The molecule has 0 fully saturated rings. The summed E-state index contributed by atoms with van der Waals surface area (Å²) in [5.41, 5.74) is 6.05. The molecule has 0 aliphatic rings. The summed E-state index contributed by atoms with van der Waals surface area (Å²) in [5, 5.41) is 0. The van der Waals surface area contributed by atoms with Crippen molar-refractivity contribution in [3.63, 3.8) is 0 Å². The molecule has 2 aromatic rings. The van der Waals surface area contributed by atoms with Gasteiger partial charge in [0.2, 0.25) is 0 Å². The molecule has 0 amide bonds. The van der Waals surface area contributed by atoms with Gasteiger partial charge in [0, 0.05) is 26.6 Å². The van der Waals surface area contributed by atoms with Crippen LogP contribution >= 0.6 is 0 Å². The molecule has 2 nitrogen and oxygen atoms in total. The van der Waals surface area contributed by atoms with Crippen molar-refractivity contribution in [1.29, 1.82) is 0 Å². The number of aryl methyl sites for hydroxylation is 2. The molecule has 0 bridgehead atoms. The Balaban J connectivity index is 0.0000130. The van der Waals surface area contributed by atoms with Gasteiger partial charge in [-0.05, 0) is 73.9 Å². The molecule has 0 aromatic heterocycles. The fourth-order valence-corrected chi connectivity index (χ4v) is 7.09. The maximum Gasteiger partial charge on any atom is 0.0636 e. The van der Waals surface area contributed by atoms with Crippen LogP contribution in [-0.2, 0) is 33.3 Å². The zero-order valence-electron chi connectivity index (χ0n) is 33.8. The largest absolute Gasteiger partial charge is 0.255 e. The number of benzene rings is 2. The molecule has 51 heavy (non-hydrogen) atoms. The Morgan fingerprint density at radius 3 is 1.20 bits per heavy atom. The zero-order valence-corrected chi connectivity index (χ0v) is 35.4. The van der Waals surface area contributed by atoms with Crippen LogP contribution in [0.4, 0.5) is 11.4 Å². The fraction of sp³-hybridized carbons (Fsp3) is 0.708. The predicted molar refractivity (Wildman–Crippen MR) is 226 cm³/mol. The predicted octanol–water partition coefficient (Wildman–Crippen LogP) is 16.6. The van der Waals surface area contributed by atoms with Crippen molar-refractivity contribution in [2.45, 2.75) is 220 Å². The third kappa shape index (κ3) is 27.7. The zero-order chi connectivity index (χ0) is 35.6. The van der Waals surface area contributed by atoms with E-state index in [1.54, 1.807) is 0 Å². The van der Waals surface area contributed by atoms with Gasteiger partial charge in [-0.3, -0.25) is 9.98 Å². The minimum Gasteiger partial charge on any atom is -0.255 e.